The topological polar surface area (TPSA) is 26.3 Å². The first kappa shape index (κ1) is 14.3. The largest absolute Gasteiger partial charge is 0.496 e. The Labute approximate surface area is 133 Å². The number of hydrogen-bond donors (Lipinski definition) is 0. The maximum Gasteiger partial charge on any atom is 0.139 e. The van der Waals surface area contributed by atoms with Gasteiger partial charge in [0.15, 0.2) is 0 Å². The number of Topliss-reactive ketones (excluding diaryl/α,β-unsaturated/α-hetero) is 1. The first-order valence-electron chi connectivity index (χ1n) is 8.75. The molecule has 3 aliphatic carbocycles. The summed E-state index contributed by atoms with van der Waals surface area (Å²) in [5.41, 5.74) is 4.27. The fourth-order valence-corrected chi connectivity index (χ4v) is 5.70. The molecule has 0 aromatic heterocycles. The molecule has 0 heterocycles. The Hall–Kier alpha value is -1.31. The molecule has 118 valence electrons. The Kier molecular flexibility index (Phi) is 3.15. The van der Waals surface area contributed by atoms with Crippen LogP contribution in [0.2, 0.25) is 0 Å². The molecule has 0 bridgehead atoms. The highest BCUT2D eigenvalue weighted by Gasteiger charge is 2.54. The molecule has 4 atom stereocenters. The lowest BCUT2D eigenvalue weighted by Crippen LogP contribution is -2.42. The van der Waals surface area contributed by atoms with Gasteiger partial charge in [-0.15, -0.1) is 0 Å². The maximum absolute atomic E-state index is 12.4. The van der Waals surface area contributed by atoms with E-state index in [-0.39, 0.29) is 5.41 Å². The van der Waals surface area contributed by atoms with E-state index in [4.69, 9.17) is 4.74 Å². The number of aryl methyl sites for hydroxylation is 2. The summed E-state index contributed by atoms with van der Waals surface area (Å²) in [5, 5.41) is 0. The van der Waals surface area contributed by atoms with Crippen LogP contribution in [-0.4, -0.2) is 12.9 Å². The van der Waals surface area contributed by atoms with Crippen LogP contribution in [0, 0.1) is 24.2 Å². The van der Waals surface area contributed by atoms with Crippen molar-refractivity contribution in [1.29, 1.82) is 0 Å². The molecule has 2 nitrogen and oxygen atoms in total. The Morgan fingerprint density at radius 3 is 2.77 bits per heavy atom. The summed E-state index contributed by atoms with van der Waals surface area (Å²) < 4.78 is 5.50. The van der Waals surface area contributed by atoms with Crippen molar-refractivity contribution in [1.82, 2.24) is 0 Å². The highest BCUT2D eigenvalue weighted by molar-refractivity contribution is 5.87. The van der Waals surface area contributed by atoms with Crippen molar-refractivity contribution in [2.75, 3.05) is 7.11 Å². The lowest BCUT2D eigenvalue weighted by Gasteiger charge is -2.48. The van der Waals surface area contributed by atoms with Crippen LogP contribution in [-0.2, 0) is 11.2 Å². The predicted molar refractivity (Wildman–Crippen MR) is 87.4 cm³/mol. The Morgan fingerprint density at radius 1 is 1.18 bits per heavy atom. The van der Waals surface area contributed by atoms with Gasteiger partial charge in [-0.25, -0.2) is 0 Å². The zero-order chi connectivity index (χ0) is 15.5. The fraction of sp³-hybridized carbons (Fsp3) is 0.650. The lowest BCUT2D eigenvalue weighted by molar-refractivity contribution is -0.129. The Morgan fingerprint density at radius 2 is 2.00 bits per heavy atom. The van der Waals surface area contributed by atoms with Crippen LogP contribution in [0.1, 0.15) is 61.6 Å². The molecule has 0 spiro atoms. The van der Waals surface area contributed by atoms with E-state index < -0.39 is 0 Å². The molecule has 4 rings (SSSR count). The highest BCUT2D eigenvalue weighted by atomic mass is 16.5. The summed E-state index contributed by atoms with van der Waals surface area (Å²) in [4.78, 5) is 12.4. The van der Waals surface area contributed by atoms with E-state index in [2.05, 4.69) is 26.0 Å². The number of ether oxygens (including phenoxy) is 1. The molecule has 2 fully saturated rings. The van der Waals surface area contributed by atoms with Gasteiger partial charge in [0.05, 0.1) is 7.11 Å². The molecule has 22 heavy (non-hydrogen) atoms. The third-order valence-corrected chi connectivity index (χ3v) is 6.95. The zero-order valence-electron chi connectivity index (χ0n) is 13.9. The average Bonchev–Trinajstić information content (AvgIpc) is 2.82. The minimum Gasteiger partial charge on any atom is -0.496 e. The third kappa shape index (κ3) is 1.82. The van der Waals surface area contributed by atoms with Crippen molar-refractivity contribution >= 4 is 5.78 Å². The number of carbonyl (C=O) groups is 1. The first-order valence-corrected chi connectivity index (χ1v) is 8.75. The van der Waals surface area contributed by atoms with Crippen LogP contribution in [0.3, 0.4) is 0 Å². The normalized spacial score (nSPS) is 36.5. The van der Waals surface area contributed by atoms with Gasteiger partial charge in [0, 0.05) is 11.8 Å². The van der Waals surface area contributed by atoms with Gasteiger partial charge in [0.25, 0.3) is 0 Å². The van der Waals surface area contributed by atoms with Gasteiger partial charge >= 0.3 is 0 Å². The molecular weight excluding hydrogens is 272 g/mol. The molecule has 0 amide bonds. The maximum atomic E-state index is 12.4. The number of hydrogen-bond acceptors (Lipinski definition) is 2. The van der Waals surface area contributed by atoms with Crippen LogP contribution >= 0.6 is 0 Å². The molecule has 2 heteroatoms. The number of benzene rings is 1. The Balaban J connectivity index is 1.73. The van der Waals surface area contributed by atoms with Gasteiger partial charge in [-0.2, -0.15) is 0 Å². The standard InChI is InChI=1S/C20H26O2/c1-12-10-16-13(11-18(12)22-3)4-5-15-14(16)8-9-20(2)17(15)6-7-19(20)21/h10-11,14-15,17H,4-9H2,1-3H3/t14-,15+,17+,20+/m1/s1. The van der Waals surface area contributed by atoms with Crippen molar-refractivity contribution in [3.05, 3.63) is 28.8 Å². The van der Waals surface area contributed by atoms with Gasteiger partial charge in [0.2, 0.25) is 0 Å². The zero-order valence-corrected chi connectivity index (χ0v) is 13.9. The molecule has 0 aliphatic heterocycles. The molecule has 0 N–H and O–H groups in total. The second kappa shape index (κ2) is 4.84. The van der Waals surface area contributed by atoms with Crippen molar-refractivity contribution in [2.45, 2.75) is 58.3 Å². The summed E-state index contributed by atoms with van der Waals surface area (Å²) in [6.45, 7) is 4.40. The second-order valence-corrected chi connectivity index (χ2v) is 7.85. The number of ketones is 1. The molecule has 0 radical (unpaired) electrons. The van der Waals surface area contributed by atoms with Gasteiger partial charge in [-0.1, -0.05) is 13.0 Å². The van der Waals surface area contributed by atoms with Crippen molar-refractivity contribution < 1.29 is 9.53 Å². The van der Waals surface area contributed by atoms with Crippen molar-refractivity contribution in [3.8, 4) is 5.75 Å². The summed E-state index contributed by atoms with van der Waals surface area (Å²) in [7, 11) is 1.76. The SMILES string of the molecule is COc1cc2c(cc1C)[C@@H]1CC[C@]3(C)C(=O)CC[C@H]3[C@H]1CC2. The second-order valence-electron chi connectivity index (χ2n) is 7.85. The molecule has 2 saturated carbocycles. The molecule has 1 aromatic carbocycles. The van der Waals surface area contributed by atoms with Gasteiger partial charge in [-0.05, 0) is 79.5 Å². The summed E-state index contributed by atoms with van der Waals surface area (Å²) >= 11 is 0. The smallest absolute Gasteiger partial charge is 0.139 e. The van der Waals surface area contributed by atoms with E-state index in [0.717, 1.165) is 31.4 Å². The van der Waals surface area contributed by atoms with Crippen LogP contribution in [0.5, 0.6) is 5.75 Å². The number of methoxy groups -OCH3 is 1. The van der Waals surface area contributed by atoms with Crippen molar-refractivity contribution in [3.63, 3.8) is 0 Å². The minimum absolute atomic E-state index is 0.0137. The molecule has 0 unspecified atom stereocenters. The average molecular weight is 298 g/mol. The van der Waals surface area contributed by atoms with E-state index in [1.54, 1.807) is 12.7 Å². The molecule has 3 aliphatic rings. The van der Waals surface area contributed by atoms with Crippen LogP contribution < -0.4 is 4.74 Å². The van der Waals surface area contributed by atoms with Crippen LogP contribution in [0.25, 0.3) is 0 Å². The number of carbonyl (C=O) groups excluding carboxylic acids is 1. The highest BCUT2D eigenvalue weighted by Crippen LogP contribution is 2.59. The van der Waals surface area contributed by atoms with E-state index >= 15 is 0 Å². The molecule has 0 saturated heterocycles. The first-order chi connectivity index (χ1) is 10.5. The summed E-state index contributed by atoms with van der Waals surface area (Å²) in [5.74, 6) is 3.55. The van der Waals surface area contributed by atoms with E-state index in [9.17, 15) is 4.79 Å². The number of fused-ring (bicyclic) bond motifs is 5. The fourth-order valence-electron chi connectivity index (χ4n) is 5.70. The Bertz CT molecular complexity index is 633. The van der Waals surface area contributed by atoms with Crippen molar-refractivity contribution in [2.24, 2.45) is 17.3 Å². The van der Waals surface area contributed by atoms with Gasteiger partial charge in [0.1, 0.15) is 11.5 Å². The molecule has 1 aromatic rings. The molecular formula is C20H26O2. The van der Waals surface area contributed by atoms with Gasteiger partial charge in [-0.3, -0.25) is 4.79 Å². The predicted octanol–water partition coefficient (Wildman–Crippen LogP) is 4.43. The van der Waals surface area contributed by atoms with E-state index in [1.165, 1.54) is 24.0 Å². The summed E-state index contributed by atoms with van der Waals surface area (Å²) in [6, 6.07) is 4.62. The third-order valence-electron chi connectivity index (χ3n) is 6.95. The number of rotatable bonds is 1. The van der Waals surface area contributed by atoms with E-state index in [1.807, 2.05) is 0 Å². The van der Waals surface area contributed by atoms with E-state index in [0.29, 0.717) is 23.5 Å². The minimum atomic E-state index is -0.0137. The van der Waals surface area contributed by atoms with Crippen LogP contribution in [0.4, 0.5) is 0 Å². The quantitative estimate of drug-likeness (QED) is 0.766. The monoisotopic (exact) mass is 298 g/mol. The van der Waals surface area contributed by atoms with Gasteiger partial charge < -0.3 is 4.74 Å². The summed E-state index contributed by atoms with van der Waals surface area (Å²) in [6.07, 6.45) is 6.61. The van der Waals surface area contributed by atoms with Crippen LogP contribution in [0.15, 0.2) is 12.1 Å². The lowest BCUT2D eigenvalue weighted by atomic mass is 9.55.